The number of aromatic hydroxyl groups is 1. The summed E-state index contributed by atoms with van der Waals surface area (Å²) in [4.78, 5) is 20.3. The van der Waals surface area contributed by atoms with Gasteiger partial charge in [0.05, 0.1) is 0 Å². The van der Waals surface area contributed by atoms with E-state index in [0.29, 0.717) is 12.3 Å². The SMILES string of the molecule is CC(=O)c1ccc(N2CCN(Cc3c(O)ccc4ccncc34)CC2)cc1. The van der Waals surface area contributed by atoms with Gasteiger partial charge >= 0.3 is 0 Å². The number of hydrogen-bond donors (Lipinski definition) is 1. The number of phenolic OH excluding ortho intramolecular Hbond substituents is 1. The van der Waals surface area contributed by atoms with E-state index in [-0.39, 0.29) is 5.78 Å². The second-order valence-corrected chi connectivity index (χ2v) is 7.03. The highest BCUT2D eigenvalue weighted by Gasteiger charge is 2.19. The van der Waals surface area contributed by atoms with E-state index in [9.17, 15) is 9.90 Å². The van der Waals surface area contributed by atoms with Crippen LogP contribution in [0, 0.1) is 0 Å². The predicted octanol–water partition coefficient (Wildman–Crippen LogP) is 3.47. The molecule has 1 N–H and O–H groups in total. The average Bonchev–Trinajstić information content (AvgIpc) is 2.71. The highest BCUT2D eigenvalue weighted by atomic mass is 16.3. The number of ketones is 1. The van der Waals surface area contributed by atoms with Gasteiger partial charge in [0, 0.05) is 67.3 Å². The van der Waals surface area contributed by atoms with Crippen LogP contribution in [0.5, 0.6) is 5.75 Å². The molecule has 1 aliphatic heterocycles. The molecule has 0 spiro atoms. The van der Waals surface area contributed by atoms with E-state index in [1.807, 2.05) is 42.6 Å². The molecule has 5 heteroatoms. The van der Waals surface area contributed by atoms with Crippen LogP contribution in [0.4, 0.5) is 5.69 Å². The van der Waals surface area contributed by atoms with Gasteiger partial charge in [-0.2, -0.15) is 0 Å². The number of carbonyl (C=O) groups excluding carboxylic acids is 1. The van der Waals surface area contributed by atoms with Crippen molar-refractivity contribution in [1.29, 1.82) is 0 Å². The van der Waals surface area contributed by atoms with Crippen LogP contribution in [0.25, 0.3) is 10.8 Å². The molecule has 3 aromatic rings. The number of aromatic nitrogens is 1. The smallest absolute Gasteiger partial charge is 0.159 e. The molecule has 0 atom stereocenters. The quantitative estimate of drug-likeness (QED) is 0.721. The van der Waals surface area contributed by atoms with Gasteiger partial charge in [-0.05, 0) is 48.7 Å². The topological polar surface area (TPSA) is 56.7 Å². The lowest BCUT2D eigenvalue weighted by Gasteiger charge is -2.36. The van der Waals surface area contributed by atoms with E-state index in [2.05, 4.69) is 14.8 Å². The lowest BCUT2D eigenvalue weighted by molar-refractivity contribution is 0.101. The average molecular weight is 361 g/mol. The van der Waals surface area contributed by atoms with Gasteiger partial charge in [0.15, 0.2) is 5.78 Å². The van der Waals surface area contributed by atoms with Crippen LogP contribution >= 0.6 is 0 Å². The van der Waals surface area contributed by atoms with Crippen molar-refractivity contribution in [3.05, 3.63) is 66.0 Å². The molecule has 4 rings (SSSR count). The standard InChI is InChI=1S/C22H23N3O2/c1-16(26)17-2-5-19(6-3-17)25-12-10-24(11-13-25)15-21-20-14-23-9-8-18(20)4-7-22(21)27/h2-9,14,27H,10-13,15H2,1H3. The number of pyridine rings is 1. The Morgan fingerprint density at radius 2 is 1.78 bits per heavy atom. The number of piperazine rings is 1. The van der Waals surface area contributed by atoms with Crippen LogP contribution < -0.4 is 4.90 Å². The zero-order valence-corrected chi connectivity index (χ0v) is 15.4. The van der Waals surface area contributed by atoms with E-state index < -0.39 is 0 Å². The lowest BCUT2D eigenvalue weighted by Crippen LogP contribution is -2.46. The molecule has 138 valence electrons. The van der Waals surface area contributed by atoms with Gasteiger partial charge < -0.3 is 10.0 Å². The Labute approximate surface area is 158 Å². The van der Waals surface area contributed by atoms with Crippen molar-refractivity contribution in [1.82, 2.24) is 9.88 Å². The molecular weight excluding hydrogens is 338 g/mol. The van der Waals surface area contributed by atoms with Gasteiger partial charge in [-0.15, -0.1) is 0 Å². The van der Waals surface area contributed by atoms with Crippen LogP contribution in [0.3, 0.4) is 0 Å². The molecule has 0 aliphatic carbocycles. The number of phenols is 1. The number of Topliss-reactive ketones (excluding diaryl/α,β-unsaturated/α-hetero) is 1. The number of anilines is 1. The van der Waals surface area contributed by atoms with Crippen LogP contribution in [0.15, 0.2) is 54.9 Å². The summed E-state index contributed by atoms with van der Waals surface area (Å²) < 4.78 is 0. The molecule has 2 aromatic carbocycles. The van der Waals surface area contributed by atoms with Gasteiger partial charge in [0.2, 0.25) is 0 Å². The first kappa shape index (κ1) is 17.5. The molecule has 0 saturated carbocycles. The number of hydrogen-bond acceptors (Lipinski definition) is 5. The molecule has 1 fully saturated rings. The first-order chi connectivity index (χ1) is 13.1. The van der Waals surface area contributed by atoms with Crippen molar-refractivity contribution >= 4 is 22.2 Å². The fourth-order valence-electron chi connectivity index (χ4n) is 3.67. The van der Waals surface area contributed by atoms with Gasteiger partial charge in [-0.1, -0.05) is 6.07 Å². The maximum Gasteiger partial charge on any atom is 0.159 e. The van der Waals surface area contributed by atoms with E-state index in [1.54, 1.807) is 19.2 Å². The molecule has 5 nitrogen and oxygen atoms in total. The molecule has 1 aliphatic rings. The molecule has 0 unspecified atom stereocenters. The lowest BCUT2D eigenvalue weighted by atomic mass is 10.0. The molecule has 2 heterocycles. The molecule has 0 bridgehead atoms. The van der Waals surface area contributed by atoms with Crippen molar-refractivity contribution < 1.29 is 9.90 Å². The summed E-state index contributed by atoms with van der Waals surface area (Å²) in [5, 5.41) is 12.5. The third-order valence-corrected chi connectivity index (χ3v) is 5.30. The number of benzene rings is 2. The fourth-order valence-corrected chi connectivity index (χ4v) is 3.67. The Balaban J connectivity index is 1.44. The zero-order chi connectivity index (χ0) is 18.8. The maximum atomic E-state index is 11.4. The number of fused-ring (bicyclic) bond motifs is 1. The van der Waals surface area contributed by atoms with Gasteiger partial charge in [0.1, 0.15) is 5.75 Å². The predicted molar refractivity (Wildman–Crippen MR) is 107 cm³/mol. The van der Waals surface area contributed by atoms with E-state index in [0.717, 1.165) is 53.8 Å². The molecular formula is C22H23N3O2. The van der Waals surface area contributed by atoms with Gasteiger partial charge in [0.25, 0.3) is 0 Å². The summed E-state index contributed by atoms with van der Waals surface area (Å²) >= 11 is 0. The Hall–Kier alpha value is -2.92. The van der Waals surface area contributed by atoms with Crippen LogP contribution in [-0.2, 0) is 6.54 Å². The Morgan fingerprint density at radius 3 is 2.48 bits per heavy atom. The Kier molecular flexibility index (Phi) is 4.77. The summed E-state index contributed by atoms with van der Waals surface area (Å²) in [5.41, 5.74) is 2.84. The summed E-state index contributed by atoms with van der Waals surface area (Å²) in [6.45, 7) is 5.99. The third-order valence-electron chi connectivity index (χ3n) is 5.30. The number of carbonyl (C=O) groups is 1. The first-order valence-electron chi connectivity index (χ1n) is 9.25. The van der Waals surface area contributed by atoms with Crippen LogP contribution in [0.2, 0.25) is 0 Å². The van der Waals surface area contributed by atoms with E-state index in [4.69, 9.17) is 0 Å². The number of nitrogens with zero attached hydrogens (tertiary/aromatic N) is 3. The zero-order valence-electron chi connectivity index (χ0n) is 15.4. The summed E-state index contributed by atoms with van der Waals surface area (Å²) in [6, 6.07) is 13.5. The molecule has 1 aromatic heterocycles. The second-order valence-electron chi connectivity index (χ2n) is 7.03. The van der Waals surface area contributed by atoms with Crippen molar-refractivity contribution in [2.24, 2.45) is 0 Å². The molecule has 1 saturated heterocycles. The highest BCUT2D eigenvalue weighted by molar-refractivity contribution is 5.94. The monoisotopic (exact) mass is 361 g/mol. The van der Waals surface area contributed by atoms with Crippen molar-refractivity contribution in [2.45, 2.75) is 13.5 Å². The van der Waals surface area contributed by atoms with E-state index in [1.165, 1.54) is 0 Å². The van der Waals surface area contributed by atoms with Crippen LogP contribution in [-0.4, -0.2) is 47.0 Å². The Morgan fingerprint density at radius 1 is 1.04 bits per heavy atom. The summed E-state index contributed by atoms with van der Waals surface area (Å²) in [5.74, 6) is 0.425. The Bertz CT molecular complexity index is 961. The summed E-state index contributed by atoms with van der Waals surface area (Å²) in [6.07, 6.45) is 3.61. The van der Waals surface area contributed by atoms with Crippen molar-refractivity contribution in [2.75, 3.05) is 31.1 Å². The summed E-state index contributed by atoms with van der Waals surface area (Å²) in [7, 11) is 0. The third kappa shape index (κ3) is 3.64. The molecule has 0 amide bonds. The highest BCUT2D eigenvalue weighted by Crippen LogP contribution is 2.28. The maximum absolute atomic E-state index is 11.4. The fraction of sp³-hybridized carbons (Fsp3) is 0.273. The molecule has 0 radical (unpaired) electrons. The normalized spacial score (nSPS) is 15.2. The van der Waals surface area contributed by atoms with Crippen molar-refractivity contribution in [3.8, 4) is 5.75 Å². The minimum Gasteiger partial charge on any atom is -0.508 e. The first-order valence-corrected chi connectivity index (χ1v) is 9.25. The van der Waals surface area contributed by atoms with Crippen LogP contribution in [0.1, 0.15) is 22.8 Å². The second kappa shape index (κ2) is 7.37. The number of rotatable bonds is 4. The molecule has 27 heavy (non-hydrogen) atoms. The largest absolute Gasteiger partial charge is 0.508 e. The van der Waals surface area contributed by atoms with Crippen molar-refractivity contribution in [3.63, 3.8) is 0 Å². The van der Waals surface area contributed by atoms with Gasteiger partial charge in [-0.3, -0.25) is 14.7 Å². The minimum absolute atomic E-state index is 0.0933. The van der Waals surface area contributed by atoms with Gasteiger partial charge in [-0.25, -0.2) is 0 Å². The minimum atomic E-state index is 0.0933. The van der Waals surface area contributed by atoms with E-state index >= 15 is 0 Å².